The number of halogens is 3. The second-order valence-electron chi connectivity index (χ2n) is 11.2. The van der Waals surface area contributed by atoms with Crippen LogP contribution in [-0.2, 0) is 21.4 Å². The first-order valence-electron chi connectivity index (χ1n) is 14.7. The van der Waals surface area contributed by atoms with E-state index in [1.54, 1.807) is 42.6 Å². The van der Waals surface area contributed by atoms with E-state index in [0.717, 1.165) is 23.4 Å². The number of benzene rings is 3. The van der Waals surface area contributed by atoms with E-state index in [1.807, 2.05) is 12.1 Å². The number of hydrogen-bond acceptors (Lipinski definition) is 7. The van der Waals surface area contributed by atoms with E-state index in [-0.39, 0.29) is 36.0 Å². The average Bonchev–Trinajstić information content (AvgIpc) is 3.00. The summed E-state index contributed by atoms with van der Waals surface area (Å²) in [5.74, 6) is -0.565. The Hall–Kier alpha value is -4.79. The van der Waals surface area contributed by atoms with E-state index in [9.17, 15) is 26.8 Å². The van der Waals surface area contributed by atoms with Crippen LogP contribution >= 0.6 is 12.4 Å². The van der Waals surface area contributed by atoms with E-state index in [1.165, 1.54) is 31.2 Å². The fraction of sp³-hybridized carbons (Fsp3) is 0.242. The van der Waals surface area contributed by atoms with Crippen molar-refractivity contribution >= 4 is 51.4 Å². The summed E-state index contributed by atoms with van der Waals surface area (Å²) in [4.78, 5) is 30.9. The van der Waals surface area contributed by atoms with Gasteiger partial charge in [0.15, 0.2) is 0 Å². The number of sulfonamides is 1. The van der Waals surface area contributed by atoms with Crippen LogP contribution in [0.15, 0.2) is 85.1 Å². The van der Waals surface area contributed by atoms with Crippen LogP contribution in [0.4, 0.5) is 30.6 Å². The fourth-order valence-corrected chi connectivity index (χ4v) is 5.93. The monoisotopic (exact) mass is 700 g/mol. The Morgan fingerprint density at radius 2 is 1.73 bits per heavy atom. The lowest BCUT2D eigenvalue weighted by Gasteiger charge is -2.40. The number of nitrogens with one attached hydrogen (secondary N) is 4. The zero-order valence-corrected chi connectivity index (χ0v) is 27.7. The van der Waals surface area contributed by atoms with E-state index < -0.39 is 27.8 Å². The number of rotatable bonds is 10. The highest BCUT2D eigenvalue weighted by Gasteiger charge is 2.31. The number of carbonyl (C=O) groups excluding carboxylic acids is 2. The molecule has 1 aliphatic rings. The van der Waals surface area contributed by atoms with Crippen molar-refractivity contribution in [3.63, 3.8) is 0 Å². The van der Waals surface area contributed by atoms with Crippen LogP contribution in [0.5, 0.6) is 11.6 Å². The van der Waals surface area contributed by atoms with Gasteiger partial charge in [-0.2, -0.15) is 0 Å². The summed E-state index contributed by atoms with van der Waals surface area (Å²) in [6, 6.07) is 19.4. The SMILES string of the molecule is CC(=O)Nc1cc(NC(=O)NC2CCN(Cc3ccc(Oc4ccc(NS(C)(=O)=O)cc4)nc3)C(c3cccc(F)c3)C2)ccc1F.Cl. The zero-order chi connectivity index (χ0) is 33.6. The van der Waals surface area contributed by atoms with Gasteiger partial charge in [0.1, 0.15) is 17.4 Å². The molecule has 15 heteroatoms. The predicted octanol–water partition coefficient (Wildman–Crippen LogP) is 6.43. The van der Waals surface area contributed by atoms with Crippen molar-refractivity contribution in [1.29, 1.82) is 0 Å². The van der Waals surface area contributed by atoms with Crippen molar-refractivity contribution in [1.82, 2.24) is 15.2 Å². The first-order chi connectivity index (χ1) is 22.4. The Bertz CT molecular complexity index is 1850. The third-order valence-corrected chi connectivity index (χ3v) is 7.99. The Morgan fingerprint density at radius 3 is 2.40 bits per heavy atom. The average molecular weight is 701 g/mol. The largest absolute Gasteiger partial charge is 0.439 e. The maximum absolute atomic E-state index is 14.3. The molecule has 4 aromatic rings. The van der Waals surface area contributed by atoms with Gasteiger partial charge in [-0.3, -0.25) is 14.4 Å². The number of carbonyl (C=O) groups is 2. The quantitative estimate of drug-likeness (QED) is 0.149. The number of nitrogens with zero attached hydrogens (tertiary/aromatic N) is 2. The van der Waals surface area contributed by atoms with E-state index in [0.29, 0.717) is 48.9 Å². The Kier molecular flexibility index (Phi) is 11.9. The van der Waals surface area contributed by atoms with Gasteiger partial charge in [-0.25, -0.2) is 27.0 Å². The van der Waals surface area contributed by atoms with Crippen LogP contribution in [0, 0.1) is 11.6 Å². The fourth-order valence-electron chi connectivity index (χ4n) is 5.36. The summed E-state index contributed by atoms with van der Waals surface area (Å²) < 4.78 is 59.3. The van der Waals surface area contributed by atoms with Gasteiger partial charge in [0, 0.05) is 55.7 Å². The van der Waals surface area contributed by atoms with E-state index >= 15 is 0 Å². The van der Waals surface area contributed by atoms with Crippen molar-refractivity contribution in [2.45, 2.75) is 38.4 Å². The molecule has 0 aliphatic carbocycles. The number of urea groups is 1. The van der Waals surface area contributed by atoms with Gasteiger partial charge in [-0.05, 0) is 78.6 Å². The highest BCUT2D eigenvalue weighted by Crippen LogP contribution is 2.33. The van der Waals surface area contributed by atoms with Crippen LogP contribution in [0.25, 0.3) is 0 Å². The third kappa shape index (κ3) is 10.4. The number of hydrogen-bond donors (Lipinski definition) is 4. The van der Waals surface area contributed by atoms with Crippen molar-refractivity contribution in [3.8, 4) is 11.6 Å². The maximum Gasteiger partial charge on any atom is 0.319 e. The van der Waals surface area contributed by atoms with Crippen LogP contribution in [-0.4, -0.2) is 49.1 Å². The molecule has 254 valence electrons. The van der Waals surface area contributed by atoms with Crippen LogP contribution in [0.1, 0.15) is 36.9 Å². The molecule has 2 heterocycles. The molecule has 0 saturated carbocycles. The molecule has 1 aromatic heterocycles. The van der Waals surface area contributed by atoms with Gasteiger partial charge in [-0.15, -0.1) is 12.4 Å². The summed E-state index contributed by atoms with van der Waals surface area (Å²) in [6.45, 7) is 2.38. The first kappa shape index (κ1) is 36.1. The predicted molar refractivity (Wildman–Crippen MR) is 182 cm³/mol. The summed E-state index contributed by atoms with van der Waals surface area (Å²) >= 11 is 0. The summed E-state index contributed by atoms with van der Waals surface area (Å²) in [6.07, 6.45) is 3.91. The second-order valence-corrected chi connectivity index (χ2v) is 13.0. The Morgan fingerprint density at radius 1 is 0.979 bits per heavy atom. The van der Waals surface area contributed by atoms with Gasteiger partial charge >= 0.3 is 6.03 Å². The van der Waals surface area contributed by atoms with Crippen molar-refractivity contribution in [3.05, 3.63) is 108 Å². The molecular weight excluding hydrogens is 666 g/mol. The minimum Gasteiger partial charge on any atom is -0.439 e. The van der Waals surface area contributed by atoms with E-state index in [2.05, 4.69) is 30.6 Å². The number of anilines is 3. The topological polar surface area (TPSA) is 142 Å². The van der Waals surface area contributed by atoms with Crippen LogP contribution < -0.4 is 25.4 Å². The molecule has 0 spiro atoms. The molecule has 1 saturated heterocycles. The second kappa shape index (κ2) is 15.9. The lowest BCUT2D eigenvalue weighted by molar-refractivity contribution is -0.114. The molecule has 2 unspecified atom stereocenters. The Labute approximate surface area is 283 Å². The highest BCUT2D eigenvalue weighted by molar-refractivity contribution is 7.92. The van der Waals surface area contributed by atoms with Crippen LogP contribution in [0.3, 0.4) is 0 Å². The van der Waals surface area contributed by atoms with Gasteiger partial charge in [-0.1, -0.05) is 18.2 Å². The number of ether oxygens (including phenoxy) is 1. The molecule has 5 rings (SSSR count). The molecule has 1 fully saturated rings. The molecule has 48 heavy (non-hydrogen) atoms. The summed E-state index contributed by atoms with van der Waals surface area (Å²) in [5.41, 5.74) is 2.37. The standard InChI is InChI=1S/C33H34F2N6O5S.ClH/c1-21(42)37-30-17-26(9-12-29(30)35)38-33(43)39-27-14-15-41(31(18-27)23-4-3-5-24(34)16-23)20-22-6-13-32(36-19-22)46-28-10-7-25(8-11-28)40-47(2,44)45;/h3-13,16-17,19,27,31,40H,14-15,18,20H2,1-2H3,(H,37,42)(H2,38,39,43);1H. The number of pyridine rings is 1. The summed E-state index contributed by atoms with van der Waals surface area (Å²) in [5, 5.41) is 8.05. The lowest BCUT2D eigenvalue weighted by Crippen LogP contribution is -2.47. The number of aromatic nitrogens is 1. The van der Waals surface area contributed by atoms with Gasteiger partial charge < -0.3 is 20.7 Å². The van der Waals surface area contributed by atoms with Gasteiger partial charge in [0.05, 0.1) is 11.9 Å². The lowest BCUT2D eigenvalue weighted by atomic mass is 9.91. The van der Waals surface area contributed by atoms with E-state index in [4.69, 9.17) is 4.74 Å². The smallest absolute Gasteiger partial charge is 0.319 e. The van der Waals surface area contributed by atoms with Gasteiger partial charge in [0.25, 0.3) is 0 Å². The normalized spacial score (nSPS) is 16.2. The molecule has 11 nitrogen and oxygen atoms in total. The maximum atomic E-state index is 14.3. The minimum absolute atomic E-state index is 0. The molecule has 3 amide bonds. The van der Waals surface area contributed by atoms with Gasteiger partial charge in [0.2, 0.25) is 21.8 Å². The number of likely N-dealkylation sites (tertiary alicyclic amines) is 1. The molecule has 2 atom stereocenters. The highest BCUT2D eigenvalue weighted by atomic mass is 35.5. The van der Waals surface area contributed by atoms with Crippen molar-refractivity contribution < 1.29 is 31.5 Å². The summed E-state index contributed by atoms with van der Waals surface area (Å²) in [7, 11) is -3.38. The van der Waals surface area contributed by atoms with Crippen molar-refractivity contribution in [2.75, 3.05) is 28.2 Å². The first-order valence-corrected chi connectivity index (χ1v) is 16.6. The molecular formula is C33H35ClF2N6O5S. The Balaban J connectivity index is 0.00000520. The molecule has 1 aliphatic heterocycles. The molecule has 0 bridgehead atoms. The van der Waals surface area contributed by atoms with Crippen LogP contribution in [0.2, 0.25) is 0 Å². The number of amides is 3. The molecule has 4 N–H and O–H groups in total. The zero-order valence-electron chi connectivity index (χ0n) is 26.1. The molecule has 0 radical (unpaired) electrons. The minimum atomic E-state index is -3.38. The van der Waals surface area contributed by atoms with Crippen molar-refractivity contribution in [2.24, 2.45) is 0 Å². The number of piperidine rings is 1. The molecule has 3 aromatic carbocycles. The third-order valence-electron chi connectivity index (χ3n) is 7.38.